The van der Waals surface area contributed by atoms with Crippen molar-refractivity contribution in [3.8, 4) is 0 Å². The van der Waals surface area contributed by atoms with Crippen LogP contribution in [0.2, 0.25) is 0 Å². The number of alkyl halides is 2. The molecule has 20 heavy (non-hydrogen) atoms. The van der Waals surface area contributed by atoms with Crippen molar-refractivity contribution >= 4 is 39.5 Å². The lowest BCUT2D eigenvalue weighted by molar-refractivity contribution is -0.138. The predicted molar refractivity (Wildman–Crippen MR) is 85.3 cm³/mol. The molecule has 0 fully saturated rings. The van der Waals surface area contributed by atoms with Crippen LogP contribution in [0, 0.1) is 0 Å². The van der Waals surface area contributed by atoms with E-state index in [-0.39, 0.29) is 22.1 Å². The van der Waals surface area contributed by atoms with E-state index >= 15 is 0 Å². The molecule has 6 heteroatoms. The van der Waals surface area contributed by atoms with Gasteiger partial charge in [0, 0.05) is 22.4 Å². The van der Waals surface area contributed by atoms with Crippen molar-refractivity contribution in [2.45, 2.75) is 37.9 Å². The zero-order chi connectivity index (χ0) is 16.0. The van der Waals surface area contributed by atoms with Gasteiger partial charge < -0.3 is 9.47 Å². The van der Waals surface area contributed by atoms with Crippen LogP contribution in [0.1, 0.15) is 27.7 Å². The van der Waals surface area contributed by atoms with Crippen molar-refractivity contribution < 1.29 is 19.1 Å². The van der Waals surface area contributed by atoms with Gasteiger partial charge in [0.15, 0.2) is 0 Å². The average molecular weight is 370 g/mol. The highest BCUT2D eigenvalue weighted by molar-refractivity contribution is 9.09. The number of carbonyl (C=O) groups is 2. The Labute approximate surface area is 134 Å². The molecule has 0 bridgehead atoms. The minimum absolute atomic E-state index is 0.121. The summed E-state index contributed by atoms with van der Waals surface area (Å²) >= 11 is 8.79. The second-order valence-electron chi connectivity index (χ2n) is 3.58. The van der Waals surface area contributed by atoms with Crippen LogP contribution in [-0.2, 0) is 19.1 Å². The smallest absolute Gasteiger partial charge is 0.330 e. The first-order valence-electron chi connectivity index (χ1n) is 6.31. The molecule has 0 aromatic rings. The first-order chi connectivity index (χ1) is 9.33. The molecule has 4 nitrogen and oxygen atoms in total. The highest BCUT2D eigenvalue weighted by Gasteiger charge is 1.94. The summed E-state index contributed by atoms with van der Waals surface area (Å²) in [5.74, 6) is -0.621. The maximum Gasteiger partial charge on any atom is 0.330 e. The van der Waals surface area contributed by atoms with Crippen LogP contribution in [0.4, 0.5) is 0 Å². The number of rotatable bonds is 6. The van der Waals surface area contributed by atoms with Gasteiger partial charge in [0.2, 0.25) is 0 Å². The molecule has 0 saturated heterocycles. The Balaban J connectivity index is 0. The molecule has 0 aromatic carbocycles. The molecule has 0 aliphatic carbocycles. The second-order valence-corrected chi connectivity index (χ2v) is 5.71. The van der Waals surface area contributed by atoms with E-state index in [0.29, 0.717) is 13.2 Å². The molecule has 0 spiro atoms. The Morgan fingerprint density at radius 3 is 1.75 bits per heavy atom. The molecule has 0 radical (unpaired) electrons. The van der Waals surface area contributed by atoms with E-state index in [4.69, 9.17) is 11.6 Å². The molecule has 0 saturated carbocycles. The predicted octanol–water partition coefficient (Wildman–Crippen LogP) is 3.62. The average Bonchev–Trinajstić information content (AvgIpc) is 2.35. The minimum atomic E-state index is -0.338. The molecular weight excluding hydrogens is 348 g/mol. The summed E-state index contributed by atoms with van der Waals surface area (Å²) in [6.07, 6.45) is 6.07. The Kier molecular flexibility index (Phi) is 15.7. The van der Waals surface area contributed by atoms with Gasteiger partial charge in [-0.05, 0) is 27.7 Å². The standard InChI is InChI=1S/C7H11BrO2.C7H11ClO2/c2*1-3-10-7(9)5-4-6(2)8/h2*4-6H,3H2,1-2H3. The molecule has 0 aliphatic heterocycles. The van der Waals surface area contributed by atoms with Crippen molar-refractivity contribution in [1.82, 2.24) is 0 Å². The Hall–Kier alpha value is -0.810. The van der Waals surface area contributed by atoms with Gasteiger partial charge >= 0.3 is 11.9 Å². The summed E-state index contributed by atoms with van der Waals surface area (Å²) in [6.45, 7) is 8.08. The molecule has 0 heterocycles. The maximum atomic E-state index is 10.6. The van der Waals surface area contributed by atoms with Gasteiger partial charge in [-0.1, -0.05) is 28.1 Å². The number of hydrogen-bond acceptors (Lipinski definition) is 4. The number of halogens is 2. The van der Waals surface area contributed by atoms with Crippen molar-refractivity contribution in [2.75, 3.05) is 13.2 Å². The fourth-order valence-electron chi connectivity index (χ4n) is 0.803. The SMILES string of the molecule is CCOC(=O)C=CC(C)Br.CCOC(=O)C=CC(C)Cl. The van der Waals surface area contributed by atoms with E-state index < -0.39 is 0 Å². The van der Waals surface area contributed by atoms with Gasteiger partial charge in [0.25, 0.3) is 0 Å². The maximum absolute atomic E-state index is 10.6. The fourth-order valence-corrected chi connectivity index (χ4v) is 1.03. The quantitative estimate of drug-likeness (QED) is 0.407. The van der Waals surface area contributed by atoms with Gasteiger partial charge in [-0.2, -0.15) is 0 Å². The lowest BCUT2D eigenvalue weighted by Gasteiger charge is -1.94. The second kappa shape index (κ2) is 14.6. The van der Waals surface area contributed by atoms with Crippen LogP contribution >= 0.6 is 27.5 Å². The zero-order valence-corrected chi connectivity index (χ0v) is 14.6. The van der Waals surface area contributed by atoms with Crippen LogP contribution in [-0.4, -0.2) is 35.4 Å². The molecule has 2 unspecified atom stereocenters. The fraction of sp³-hybridized carbons (Fsp3) is 0.571. The molecule has 0 rings (SSSR count). The summed E-state index contributed by atoms with van der Waals surface area (Å²) in [5.41, 5.74) is 0. The van der Waals surface area contributed by atoms with Crippen LogP contribution in [0.15, 0.2) is 24.3 Å². The number of carbonyl (C=O) groups excluding carboxylic acids is 2. The van der Waals surface area contributed by atoms with E-state index in [1.807, 2.05) is 6.92 Å². The first kappa shape index (κ1) is 21.5. The highest BCUT2D eigenvalue weighted by atomic mass is 79.9. The summed E-state index contributed by atoms with van der Waals surface area (Å²) in [5, 5.41) is -0.121. The van der Waals surface area contributed by atoms with Gasteiger partial charge in [-0.25, -0.2) is 9.59 Å². The summed E-state index contributed by atoms with van der Waals surface area (Å²) in [7, 11) is 0. The summed E-state index contributed by atoms with van der Waals surface area (Å²) in [6, 6.07) is 0. The molecular formula is C14H22BrClO4. The van der Waals surface area contributed by atoms with Crippen molar-refractivity contribution in [3.05, 3.63) is 24.3 Å². The molecule has 116 valence electrons. The third-order valence-electron chi connectivity index (χ3n) is 1.57. The van der Waals surface area contributed by atoms with Crippen molar-refractivity contribution in [2.24, 2.45) is 0 Å². The zero-order valence-electron chi connectivity index (χ0n) is 12.3. The largest absolute Gasteiger partial charge is 0.463 e. The first-order valence-corrected chi connectivity index (χ1v) is 7.66. The number of esters is 2. The summed E-state index contributed by atoms with van der Waals surface area (Å²) < 4.78 is 9.25. The van der Waals surface area contributed by atoms with Crippen LogP contribution in [0.25, 0.3) is 0 Å². The Morgan fingerprint density at radius 2 is 1.45 bits per heavy atom. The third-order valence-corrected chi connectivity index (χ3v) is 2.02. The molecule has 0 N–H and O–H groups in total. The monoisotopic (exact) mass is 368 g/mol. The Morgan fingerprint density at radius 1 is 1.05 bits per heavy atom. The van der Waals surface area contributed by atoms with E-state index in [1.165, 1.54) is 12.2 Å². The normalized spacial score (nSPS) is 13.5. The molecule has 2 atom stereocenters. The molecule has 0 aliphatic rings. The number of ether oxygens (including phenoxy) is 2. The summed E-state index contributed by atoms with van der Waals surface area (Å²) in [4.78, 5) is 21.4. The highest BCUT2D eigenvalue weighted by Crippen LogP contribution is 1.98. The van der Waals surface area contributed by atoms with Gasteiger partial charge in [0.05, 0.1) is 13.2 Å². The lowest BCUT2D eigenvalue weighted by atomic mass is 10.4. The van der Waals surface area contributed by atoms with E-state index in [0.717, 1.165) is 0 Å². The minimum Gasteiger partial charge on any atom is -0.463 e. The van der Waals surface area contributed by atoms with Crippen LogP contribution in [0.5, 0.6) is 0 Å². The van der Waals surface area contributed by atoms with Gasteiger partial charge in [-0.15, -0.1) is 11.6 Å². The van der Waals surface area contributed by atoms with Crippen LogP contribution in [0.3, 0.4) is 0 Å². The molecule has 0 amide bonds. The van der Waals surface area contributed by atoms with E-state index in [2.05, 4.69) is 25.4 Å². The number of hydrogen-bond donors (Lipinski definition) is 0. The van der Waals surface area contributed by atoms with Gasteiger partial charge in [0.1, 0.15) is 0 Å². The van der Waals surface area contributed by atoms with Gasteiger partial charge in [-0.3, -0.25) is 0 Å². The Bertz CT molecular complexity index is 293. The van der Waals surface area contributed by atoms with E-state index in [9.17, 15) is 9.59 Å². The number of allylic oxidation sites excluding steroid dienone is 2. The lowest BCUT2D eigenvalue weighted by Crippen LogP contribution is -1.99. The van der Waals surface area contributed by atoms with Crippen molar-refractivity contribution in [3.63, 3.8) is 0 Å². The molecule has 0 aromatic heterocycles. The topological polar surface area (TPSA) is 52.6 Å². The van der Waals surface area contributed by atoms with E-state index in [1.54, 1.807) is 32.9 Å². The third kappa shape index (κ3) is 19.5. The van der Waals surface area contributed by atoms with Crippen LogP contribution < -0.4 is 0 Å². The van der Waals surface area contributed by atoms with Crippen molar-refractivity contribution in [1.29, 1.82) is 0 Å².